The summed E-state index contributed by atoms with van der Waals surface area (Å²) in [5, 5.41) is 2.23. The molecular formula is C21H26N2S. The lowest BCUT2D eigenvalue weighted by Gasteiger charge is -2.23. The smallest absolute Gasteiger partial charge is 0.0379 e. The van der Waals surface area contributed by atoms with Gasteiger partial charge in [0.2, 0.25) is 0 Å². The summed E-state index contributed by atoms with van der Waals surface area (Å²) < 4.78 is 0. The second kappa shape index (κ2) is 6.86. The minimum atomic E-state index is 0.528. The first-order valence-corrected chi connectivity index (χ1v) is 10.1. The monoisotopic (exact) mass is 338 g/mol. The van der Waals surface area contributed by atoms with Crippen molar-refractivity contribution in [2.24, 2.45) is 5.92 Å². The van der Waals surface area contributed by atoms with Gasteiger partial charge in [0.15, 0.2) is 0 Å². The number of hydrogen-bond acceptors (Lipinski definition) is 3. The quantitative estimate of drug-likeness (QED) is 0.771. The molecule has 0 bridgehead atoms. The third-order valence-corrected chi connectivity index (χ3v) is 6.27. The van der Waals surface area contributed by atoms with E-state index >= 15 is 0 Å². The summed E-state index contributed by atoms with van der Waals surface area (Å²) >= 11 is 1.91. The number of thioether (sulfide) groups is 1. The van der Waals surface area contributed by atoms with Crippen molar-refractivity contribution in [2.75, 3.05) is 37.8 Å². The van der Waals surface area contributed by atoms with Gasteiger partial charge in [-0.2, -0.15) is 0 Å². The summed E-state index contributed by atoms with van der Waals surface area (Å²) in [5.74, 6) is 9.33. The first-order chi connectivity index (χ1) is 11.7. The zero-order valence-corrected chi connectivity index (χ0v) is 15.5. The van der Waals surface area contributed by atoms with Gasteiger partial charge in [-0.3, -0.25) is 0 Å². The van der Waals surface area contributed by atoms with Crippen molar-refractivity contribution < 1.29 is 0 Å². The molecule has 0 aromatic heterocycles. The number of hydrogen-bond donors (Lipinski definition) is 0. The Morgan fingerprint density at radius 1 is 1.21 bits per heavy atom. The number of benzene rings is 1. The van der Waals surface area contributed by atoms with Crippen molar-refractivity contribution >= 4 is 17.4 Å². The summed E-state index contributed by atoms with van der Waals surface area (Å²) in [7, 11) is 4.38. The first-order valence-electron chi connectivity index (χ1n) is 9.06. The Morgan fingerprint density at radius 2 is 2.08 bits per heavy atom. The molecule has 4 rings (SSSR count). The molecule has 0 N–H and O–H groups in total. The molecule has 0 radical (unpaired) electrons. The van der Waals surface area contributed by atoms with E-state index < -0.39 is 0 Å². The number of nitrogens with zero attached hydrogens (tertiary/aromatic N) is 2. The largest absolute Gasteiger partial charge is 0.370 e. The fraction of sp³-hybridized carbons (Fsp3) is 0.524. The van der Waals surface area contributed by atoms with Crippen molar-refractivity contribution in [1.29, 1.82) is 0 Å². The average Bonchev–Trinajstić information content (AvgIpc) is 3.05. The van der Waals surface area contributed by atoms with Crippen LogP contribution in [0.4, 0.5) is 5.69 Å². The molecule has 24 heavy (non-hydrogen) atoms. The summed E-state index contributed by atoms with van der Waals surface area (Å²) in [6.45, 7) is 2.28. The lowest BCUT2D eigenvalue weighted by molar-refractivity contribution is 0.315. The standard InChI is InChI=1S/C21H26N2S/c1-22(2)20-9-11-23(14-20)19-7-8-21(18-10-12-24-15-18)17(13-19)6-5-16-3-4-16/h7-8,10,12-13,16,18,20H,3-4,9,11,14-15H2,1-2H3/t18?,20-/m1/s1. The molecule has 3 heteroatoms. The fourth-order valence-electron chi connectivity index (χ4n) is 3.54. The van der Waals surface area contributed by atoms with Gasteiger partial charge in [-0.1, -0.05) is 24.0 Å². The third-order valence-electron chi connectivity index (χ3n) is 5.37. The van der Waals surface area contributed by atoms with E-state index in [2.05, 4.69) is 65.4 Å². The van der Waals surface area contributed by atoms with Crippen LogP contribution in [0.25, 0.3) is 0 Å². The summed E-state index contributed by atoms with van der Waals surface area (Å²) in [4.78, 5) is 4.87. The van der Waals surface area contributed by atoms with Gasteiger partial charge >= 0.3 is 0 Å². The molecular weight excluding hydrogens is 312 g/mol. The summed E-state index contributed by atoms with van der Waals surface area (Å²) in [5.41, 5.74) is 4.01. The second-order valence-electron chi connectivity index (χ2n) is 7.44. The van der Waals surface area contributed by atoms with E-state index in [-0.39, 0.29) is 0 Å². The Morgan fingerprint density at radius 3 is 2.75 bits per heavy atom. The summed E-state index contributed by atoms with van der Waals surface area (Å²) in [6.07, 6.45) is 6.16. The molecule has 2 fully saturated rings. The highest BCUT2D eigenvalue weighted by Gasteiger charge is 2.25. The van der Waals surface area contributed by atoms with E-state index in [1.165, 1.54) is 36.1 Å². The van der Waals surface area contributed by atoms with Gasteiger partial charge < -0.3 is 9.80 Å². The van der Waals surface area contributed by atoms with Crippen molar-refractivity contribution in [3.05, 3.63) is 40.8 Å². The predicted octanol–water partition coefficient (Wildman–Crippen LogP) is 3.93. The normalized spacial score (nSPS) is 26.0. The number of rotatable bonds is 3. The van der Waals surface area contributed by atoms with E-state index in [9.17, 15) is 0 Å². The molecule has 0 spiro atoms. The zero-order valence-electron chi connectivity index (χ0n) is 14.7. The van der Waals surface area contributed by atoms with Gasteiger partial charge in [0.25, 0.3) is 0 Å². The maximum Gasteiger partial charge on any atom is 0.0379 e. The molecule has 1 aliphatic carbocycles. The maximum absolute atomic E-state index is 3.52. The molecule has 2 nitrogen and oxygen atoms in total. The molecule has 1 aromatic rings. The van der Waals surface area contributed by atoms with Crippen LogP contribution in [-0.2, 0) is 0 Å². The number of allylic oxidation sites excluding steroid dienone is 1. The van der Waals surface area contributed by atoms with Crippen LogP contribution in [0.15, 0.2) is 29.7 Å². The van der Waals surface area contributed by atoms with Crippen molar-refractivity contribution in [3.63, 3.8) is 0 Å². The lowest BCUT2D eigenvalue weighted by atomic mass is 9.95. The van der Waals surface area contributed by atoms with Gasteiger partial charge in [-0.15, -0.1) is 11.8 Å². The average molecular weight is 339 g/mol. The van der Waals surface area contributed by atoms with Gasteiger partial charge in [0.05, 0.1) is 0 Å². The van der Waals surface area contributed by atoms with Gasteiger partial charge in [-0.25, -0.2) is 0 Å². The minimum absolute atomic E-state index is 0.528. The highest BCUT2D eigenvalue weighted by Crippen LogP contribution is 2.34. The maximum atomic E-state index is 3.52. The van der Waals surface area contributed by atoms with Crippen molar-refractivity contribution in [1.82, 2.24) is 4.90 Å². The molecule has 3 aliphatic rings. The first kappa shape index (κ1) is 16.1. The van der Waals surface area contributed by atoms with Crippen LogP contribution in [0, 0.1) is 17.8 Å². The molecule has 2 aliphatic heterocycles. The molecule has 0 amide bonds. The lowest BCUT2D eigenvalue weighted by Crippen LogP contribution is -2.31. The van der Waals surface area contributed by atoms with E-state index in [0.717, 1.165) is 18.8 Å². The van der Waals surface area contributed by atoms with Crippen LogP contribution in [0.3, 0.4) is 0 Å². The van der Waals surface area contributed by atoms with Crippen LogP contribution in [0.1, 0.15) is 36.3 Å². The van der Waals surface area contributed by atoms with Gasteiger partial charge in [-0.05, 0) is 56.5 Å². The SMILES string of the molecule is CN(C)[C@@H]1CCN(c2ccc(C3C=CSC3)c(C#CC3CC3)c2)C1. The number of anilines is 1. The Bertz CT molecular complexity index is 694. The Hall–Kier alpha value is -1.37. The van der Waals surface area contributed by atoms with Crippen LogP contribution >= 0.6 is 11.8 Å². The van der Waals surface area contributed by atoms with Crippen molar-refractivity contribution in [2.45, 2.75) is 31.2 Å². The second-order valence-corrected chi connectivity index (χ2v) is 8.37. The number of likely N-dealkylation sites (N-methyl/N-ethyl adjacent to an activating group) is 1. The summed E-state index contributed by atoms with van der Waals surface area (Å²) in [6, 6.07) is 7.65. The van der Waals surface area contributed by atoms with E-state index in [1.807, 2.05) is 11.8 Å². The molecule has 2 heterocycles. The van der Waals surface area contributed by atoms with Crippen LogP contribution in [-0.4, -0.2) is 43.9 Å². The minimum Gasteiger partial charge on any atom is -0.370 e. The van der Waals surface area contributed by atoms with E-state index in [4.69, 9.17) is 0 Å². The highest BCUT2D eigenvalue weighted by molar-refractivity contribution is 8.02. The van der Waals surface area contributed by atoms with Crippen LogP contribution in [0.2, 0.25) is 0 Å². The predicted molar refractivity (Wildman–Crippen MR) is 105 cm³/mol. The van der Waals surface area contributed by atoms with Gasteiger partial charge in [0.1, 0.15) is 0 Å². The van der Waals surface area contributed by atoms with Crippen LogP contribution < -0.4 is 4.90 Å². The topological polar surface area (TPSA) is 6.48 Å². The van der Waals surface area contributed by atoms with Crippen LogP contribution in [0.5, 0.6) is 0 Å². The highest BCUT2D eigenvalue weighted by atomic mass is 32.2. The third kappa shape index (κ3) is 3.50. The van der Waals surface area contributed by atoms with E-state index in [1.54, 1.807) is 0 Å². The molecule has 1 saturated heterocycles. The van der Waals surface area contributed by atoms with Gasteiger partial charge in [0, 0.05) is 48.0 Å². The fourth-order valence-corrected chi connectivity index (χ4v) is 4.45. The molecule has 1 aromatic carbocycles. The van der Waals surface area contributed by atoms with E-state index in [0.29, 0.717) is 17.9 Å². The van der Waals surface area contributed by atoms with Crippen molar-refractivity contribution in [3.8, 4) is 11.8 Å². The molecule has 1 saturated carbocycles. The molecule has 2 atom stereocenters. The molecule has 1 unspecified atom stereocenters. The Balaban J connectivity index is 1.61. The zero-order chi connectivity index (χ0) is 16.5. The Labute approximate surface area is 150 Å². The Kier molecular flexibility index (Phi) is 4.61. The molecule has 126 valence electrons.